The molecule has 1 amide bonds. The second-order valence-electron chi connectivity index (χ2n) is 6.96. The molecule has 3 aromatic rings. The van der Waals surface area contributed by atoms with Crippen molar-refractivity contribution in [2.45, 2.75) is 51.2 Å². The van der Waals surface area contributed by atoms with Crippen molar-refractivity contribution >= 4 is 34.7 Å². The molecule has 1 aromatic carbocycles. The molecule has 7 heteroatoms. The van der Waals surface area contributed by atoms with Crippen molar-refractivity contribution in [1.82, 2.24) is 14.8 Å². The Labute approximate surface area is 173 Å². The molecule has 5 nitrogen and oxygen atoms in total. The first-order valence-electron chi connectivity index (χ1n) is 9.68. The van der Waals surface area contributed by atoms with Gasteiger partial charge in [-0.15, -0.1) is 21.5 Å². The van der Waals surface area contributed by atoms with Crippen LogP contribution in [0.1, 0.15) is 35.8 Å². The number of para-hydroxylation sites is 1. The van der Waals surface area contributed by atoms with Crippen LogP contribution in [0.25, 0.3) is 11.4 Å². The summed E-state index contributed by atoms with van der Waals surface area (Å²) in [5, 5.41) is 14.9. The van der Waals surface area contributed by atoms with E-state index in [0.717, 1.165) is 35.2 Å². The Bertz CT molecular complexity index is 992. The van der Waals surface area contributed by atoms with Gasteiger partial charge >= 0.3 is 0 Å². The predicted octanol–water partition coefficient (Wildman–Crippen LogP) is 4.94. The Morgan fingerprint density at radius 2 is 2.07 bits per heavy atom. The number of nitrogens with zero attached hydrogens (tertiary/aromatic N) is 3. The first kappa shape index (κ1) is 19.2. The molecular formula is C21H24N4OS2. The zero-order valence-electron chi connectivity index (χ0n) is 16.2. The van der Waals surface area contributed by atoms with E-state index in [2.05, 4.69) is 32.4 Å². The maximum Gasteiger partial charge on any atom is 0.234 e. The van der Waals surface area contributed by atoms with E-state index in [4.69, 9.17) is 0 Å². The van der Waals surface area contributed by atoms with Crippen molar-refractivity contribution in [1.29, 1.82) is 0 Å². The first-order valence-corrected chi connectivity index (χ1v) is 11.5. The molecule has 0 radical (unpaired) electrons. The minimum absolute atomic E-state index is 0.0283. The van der Waals surface area contributed by atoms with E-state index >= 15 is 0 Å². The normalized spacial score (nSPS) is 13.4. The van der Waals surface area contributed by atoms with Crippen LogP contribution in [0.2, 0.25) is 0 Å². The highest BCUT2D eigenvalue weighted by molar-refractivity contribution is 7.99. The lowest BCUT2D eigenvalue weighted by Crippen LogP contribution is -2.15. The molecule has 0 unspecified atom stereocenters. The molecule has 4 rings (SSSR count). The number of anilines is 1. The maximum absolute atomic E-state index is 12.4. The second kappa shape index (κ2) is 8.49. The molecule has 28 heavy (non-hydrogen) atoms. The number of hydrogen-bond donors (Lipinski definition) is 1. The Hall–Kier alpha value is -2.12. The van der Waals surface area contributed by atoms with Crippen molar-refractivity contribution < 1.29 is 4.79 Å². The molecule has 2 heterocycles. The number of hydrogen-bond acceptors (Lipinski definition) is 5. The number of thiophene rings is 1. The maximum atomic E-state index is 12.4. The third-order valence-electron chi connectivity index (χ3n) is 5.09. The van der Waals surface area contributed by atoms with Gasteiger partial charge in [0.15, 0.2) is 11.0 Å². The molecule has 0 bridgehead atoms. The molecule has 1 aliphatic rings. The standard InChI is InChI=1S/C21H24N4OS2/c1-3-25-20(16-12-27-18-11-7-5-9-15(16)18)23-24-21(25)28-13-19(26)22-17-10-6-4-8-14(17)2/h4,6,8,10,12H,3,5,7,9,11,13H2,1-2H3,(H,22,26). The average molecular weight is 413 g/mol. The number of nitrogens with one attached hydrogen (secondary N) is 1. The molecule has 2 aromatic heterocycles. The zero-order valence-corrected chi connectivity index (χ0v) is 17.8. The summed E-state index contributed by atoms with van der Waals surface area (Å²) in [6.45, 7) is 4.88. The minimum atomic E-state index is -0.0283. The van der Waals surface area contributed by atoms with Gasteiger partial charge in [0.1, 0.15) is 0 Å². The van der Waals surface area contributed by atoms with Gasteiger partial charge in [-0.2, -0.15) is 0 Å². The highest BCUT2D eigenvalue weighted by atomic mass is 32.2. The highest BCUT2D eigenvalue weighted by Gasteiger charge is 2.22. The van der Waals surface area contributed by atoms with Crippen LogP contribution >= 0.6 is 23.1 Å². The lowest BCUT2D eigenvalue weighted by molar-refractivity contribution is -0.113. The van der Waals surface area contributed by atoms with Crippen LogP contribution in [0.4, 0.5) is 5.69 Å². The molecule has 1 aliphatic carbocycles. The largest absolute Gasteiger partial charge is 0.325 e. The molecular weight excluding hydrogens is 388 g/mol. The fourth-order valence-electron chi connectivity index (χ4n) is 3.59. The smallest absolute Gasteiger partial charge is 0.234 e. The van der Waals surface area contributed by atoms with Gasteiger partial charge in [0.2, 0.25) is 5.91 Å². The molecule has 146 valence electrons. The average Bonchev–Trinajstić information content (AvgIpc) is 3.31. The third kappa shape index (κ3) is 3.86. The Morgan fingerprint density at radius 3 is 2.89 bits per heavy atom. The Kier molecular flexibility index (Phi) is 5.82. The van der Waals surface area contributed by atoms with Crippen LogP contribution in [0, 0.1) is 6.92 Å². The molecule has 0 fully saturated rings. The SMILES string of the molecule is CCn1c(SCC(=O)Nc2ccccc2C)nnc1-c1csc2c1CCCC2. The fraction of sp³-hybridized carbons (Fsp3) is 0.381. The summed E-state index contributed by atoms with van der Waals surface area (Å²) >= 11 is 3.29. The predicted molar refractivity (Wildman–Crippen MR) is 116 cm³/mol. The van der Waals surface area contributed by atoms with Crippen LogP contribution < -0.4 is 5.32 Å². The molecule has 0 saturated heterocycles. The summed E-state index contributed by atoms with van der Waals surface area (Å²) in [5.74, 6) is 1.22. The monoisotopic (exact) mass is 412 g/mol. The van der Waals surface area contributed by atoms with E-state index in [-0.39, 0.29) is 5.91 Å². The summed E-state index contributed by atoms with van der Waals surface area (Å²) in [6, 6.07) is 7.81. The molecule has 1 N–H and O–H groups in total. The van der Waals surface area contributed by atoms with Gasteiger partial charge in [0, 0.05) is 28.1 Å². The second-order valence-corrected chi connectivity index (χ2v) is 8.87. The van der Waals surface area contributed by atoms with Gasteiger partial charge in [0.05, 0.1) is 5.75 Å². The summed E-state index contributed by atoms with van der Waals surface area (Å²) in [6.07, 6.45) is 4.84. The van der Waals surface area contributed by atoms with Crippen molar-refractivity contribution in [3.05, 3.63) is 45.6 Å². The van der Waals surface area contributed by atoms with Gasteiger partial charge in [-0.25, -0.2) is 0 Å². The van der Waals surface area contributed by atoms with Crippen LogP contribution in [0.3, 0.4) is 0 Å². The van der Waals surface area contributed by atoms with Crippen molar-refractivity contribution in [2.24, 2.45) is 0 Å². The number of aromatic nitrogens is 3. The van der Waals surface area contributed by atoms with E-state index in [1.54, 1.807) is 0 Å². The van der Waals surface area contributed by atoms with Gasteiger partial charge in [0.25, 0.3) is 0 Å². The Balaban J connectivity index is 1.48. The van der Waals surface area contributed by atoms with Crippen LogP contribution in [0.15, 0.2) is 34.8 Å². The summed E-state index contributed by atoms with van der Waals surface area (Å²) in [7, 11) is 0. The number of rotatable bonds is 6. The summed E-state index contributed by atoms with van der Waals surface area (Å²) in [5.41, 5.74) is 4.59. The third-order valence-corrected chi connectivity index (χ3v) is 7.14. The summed E-state index contributed by atoms with van der Waals surface area (Å²) in [4.78, 5) is 13.9. The fourth-order valence-corrected chi connectivity index (χ4v) is 5.52. The minimum Gasteiger partial charge on any atom is -0.325 e. The topological polar surface area (TPSA) is 59.8 Å². The van der Waals surface area contributed by atoms with Gasteiger partial charge in [-0.1, -0.05) is 30.0 Å². The van der Waals surface area contributed by atoms with E-state index in [1.165, 1.54) is 47.0 Å². The lowest BCUT2D eigenvalue weighted by atomic mass is 9.96. The Morgan fingerprint density at radius 1 is 1.25 bits per heavy atom. The van der Waals surface area contributed by atoms with Crippen LogP contribution in [0.5, 0.6) is 0 Å². The van der Waals surface area contributed by atoms with Crippen molar-refractivity contribution in [2.75, 3.05) is 11.1 Å². The molecule has 0 saturated carbocycles. The van der Waals surface area contributed by atoms with Crippen LogP contribution in [-0.4, -0.2) is 26.4 Å². The number of benzene rings is 1. The van der Waals surface area contributed by atoms with Crippen molar-refractivity contribution in [3.63, 3.8) is 0 Å². The quantitative estimate of drug-likeness (QED) is 0.582. The van der Waals surface area contributed by atoms with Gasteiger partial charge in [-0.3, -0.25) is 4.79 Å². The number of aryl methyl sites for hydroxylation is 2. The molecule has 0 aliphatic heterocycles. The number of amides is 1. The van der Waals surface area contributed by atoms with Gasteiger partial charge in [-0.05, 0) is 56.7 Å². The number of thioether (sulfide) groups is 1. The highest BCUT2D eigenvalue weighted by Crippen LogP contribution is 2.36. The number of carbonyl (C=O) groups is 1. The van der Waals surface area contributed by atoms with E-state index in [0.29, 0.717) is 5.75 Å². The molecule has 0 atom stereocenters. The molecule has 0 spiro atoms. The summed E-state index contributed by atoms with van der Waals surface area (Å²) < 4.78 is 2.13. The van der Waals surface area contributed by atoms with Crippen LogP contribution in [-0.2, 0) is 24.2 Å². The van der Waals surface area contributed by atoms with E-state index in [1.807, 2.05) is 42.5 Å². The lowest BCUT2D eigenvalue weighted by Gasteiger charge is -2.13. The first-order chi connectivity index (χ1) is 13.7. The van der Waals surface area contributed by atoms with E-state index < -0.39 is 0 Å². The number of carbonyl (C=O) groups excluding carboxylic acids is 1. The zero-order chi connectivity index (χ0) is 19.5. The van der Waals surface area contributed by atoms with Gasteiger partial charge < -0.3 is 9.88 Å². The van der Waals surface area contributed by atoms with Crippen molar-refractivity contribution in [3.8, 4) is 11.4 Å². The van der Waals surface area contributed by atoms with E-state index in [9.17, 15) is 4.79 Å². The number of fused-ring (bicyclic) bond motifs is 1.